The van der Waals surface area contributed by atoms with Crippen molar-refractivity contribution >= 4 is 31.4 Å². The molecule has 0 saturated carbocycles. The second-order valence-electron chi connectivity index (χ2n) is 7.26. The molecule has 2 aromatic heterocycles. The zero-order valence-electron chi connectivity index (χ0n) is 17.2. The van der Waals surface area contributed by atoms with Crippen LogP contribution in [0.3, 0.4) is 0 Å². The van der Waals surface area contributed by atoms with Crippen molar-refractivity contribution in [2.45, 2.75) is 70.5 Å². The smallest absolute Gasteiger partial charge is 0.394 e. The Morgan fingerprint density at radius 2 is 2.14 bits per heavy atom. The van der Waals surface area contributed by atoms with Crippen LogP contribution in [0.15, 0.2) is 12.7 Å². The minimum atomic E-state index is -1.78. The SMILES string of the molecule is CCC(C)[P+](=O)OC(C)(CC)CCOC([C@H](O)CO)n1cnc2c(=S)nc[nH]c21. The number of nitrogens with zero attached hydrogens (tertiary/aromatic N) is 3. The van der Waals surface area contributed by atoms with Gasteiger partial charge in [-0.05, 0) is 31.3 Å². The number of fused-ring (bicyclic) bond motifs is 1. The van der Waals surface area contributed by atoms with E-state index in [1.165, 1.54) is 12.7 Å². The van der Waals surface area contributed by atoms with Crippen molar-refractivity contribution in [2.75, 3.05) is 13.2 Å². The van der Waals surface area contributed by atoms with Crippen LogP contribution in [0.2, 0.25) is 0 Å². The molecule has 11 heteroatoms. The summed E-state index contributed by atoms with van der Waals surface area (Å²) in [6, 6.07) is 0. The van der Waals surface area contributed by atoms with Gasteiger partial charge in [-0.1, -0.05) is 26.1 Å². The lowest BCUT2D eigenvalue weighted by molar-refractivity contribution is -0.105. The predicted molar refractivity (Wildman–Crippen MR) is 113 cm³/mol. The summed E-state index contributed by atoms with van der Waals surface area (Å²) in [5, 5.41) is 19.8. The van der Waals surface area contributed by atoms with Crippen molar-refractivity contribution in [1.82, 2.24) is 19.5 Å². The molecule has 2 heterocycles. The number of aliphatic hydroxyl groups is 2. The summed E-state index contributed by atoms with van der Waals surface area (Å²) >= 11 is 5.17. The molecule has 162 valence electrons. The summed E-state index contributed by atoms with van der Waals surface area (Å²) in [6.07, 6.45) is 2.78. The van der Waals surface area contributed by atoms with E-state index in [0.29, 0.717) is 28.6 Å². The number of imidazole rings is 1. The first-order chi connectivity index (χ1) is 13.8. The maximum Gasteiger partial charge on any atom is 0.511 e. The Kier molecular flexibility index (Phi) is 8.81. The van der Waals surface area contributed by atoms with Gasteiger partial charge in [0.25, 0.3) is 0 Å². The molecule has 3 N–H and O–H groups in total. The summed E-state index contributed by atoms with van der Waals surface area (Å²) in [6.45, 7) is 7.49. The largest absolute Gasteiger partial charge is 0.511 e. The lowest BCUT2D eigenvalue weighted by Crippen LogP contribution is -2.33. The van der Waals surface area contributed by atoms with Gasteiger partial charge in [-0.15, -0.1) is 4.52 Å². The fourth-order valence-corrected chi connectivity index (χ4v) is 4.01. The number of hydrogen-bond acceptors (Lipinski definition) is 8. The van der Waals surface area contributed by atoms with Crippen LogP contribution in [-0.4, -0.2) is 60.3 Å². The van der Waals surface area contributed by atoms with E-state index in [2.05, 4.69) is 15.0 Å². The third-order valence-electron chi connectivity index (χ3n) is 5.10. The molecule has 0 radical (unpaired) electrons. The summed E-state index contributed by atoms with van der Waals surface area (Å²) in [5.41, 5.74) is 0.382. The Morgan fingerprint density at radius 3 is 2.76 bits per heavy atom. The van der Waals surface area contributed by atoms with Gasteiger partial charge in [-0.3, -0.25) is 4.57 Å². The van der Waals surface area contributed by atoms with Crippen LogP contribution >= 0.6 is 20.2 Å². The van der Waals surface area contributed by atoms with Crippen molar-refractivity contribution in [3.8, 4) is 0 Å². The third-order valence-corrected chi connectivity index (χ3v) is 7.10. The average molecular weight is 446 g/mol. The second kappa shape index (κ2) is 10.7. The third kappa shape index (κ3) is 5.87. The number of aromatic nitrogens is 4. The van der Waals surface area contributed by atoms with Crippen molar-refractivity contribution < 1.29 is 24.0 Å². The minimum absolute atomic E-state index is 0.0187. The molecule has 5 atom stereocenters. The normalized spacial score (nSPS) is 17.7. The Hall–Kier alpha value is -1.29. The molecule has 0 saturated heterocycles. The molecule has 0 amide bonds. The molecule has 0 aliphatic heterocycles. The highest BCUT2D eigenvalue weighted by Gasteiger charge is 2.38. The van der Waals surface area contributed by atoms with Crippen LogP contribution in [0.4, 0.5) is 0 Å². The highest BCUT2D eigenvalue weighted by atomic mass is 32.1. The van der Waals surface area contributed by atoms with E-state index >= 15 is 0 Å². The number of ether oxygens (including phenoxy) is 1. The molecular formula is C18H30N4O5PS+. The van der Waals surface area contributed by atoms with Gasteiger partial charge in [0.2, 0.25) is 0 Å². The van der Waals surface area contributed by atoms with Gasteiger partial charge in [0.05, 0.1) is 25.9 Å². The Morgan fingerprint density at radius 1 is 1.41 bits per heavy atom. The molecule has 0 spiro atoms. The van der Waals surface area contributed by atoms with Crippen LogP contribution in [0.25, 0.3) is 11.2 Å². The van der Waals surface area contributed by atoms with Crippen LogP contribution in [0, 0.1) is 4.64 Å². The lowest BCUT2D eigenvalue weighted by atomic mass is 10.0. The van der Waals surface area contributed by atoms with Gasteiger partial charge in [0.1, 0.15) is 22.9 Å². The quantitative estimate of drug-likeness (QED) is 0.335. The number of H-pyrrole nitrogens is 1. The zero-order chi connectivity index (χ0) is 21.6. The number of aromatic amines is 1. The van der Waals surface area contributed by atoms with Crippen molar-refractivity contribution in [1.29, 1.82) is 0 Å². The summed E-state index contributed by atoms with van der Waals surface area (Å²) in [7, 11) is -1.78. The Balaban J connectivity index is 2.14. The highest BCUT2D eigenvalue weighted by Crippen LogP contribution is 2.39. The fourth-order valence-electron chi connectivity index (χ4n) is 2.67. The molecule has 2 rings (SSSR count). The maximum absolute atomic E-state index is 12.3. The Bertz CT molecular complexity index is 875. The van der Waals surface area contributed by atoms with Gasteiger partial charge in [-0.25, -0.2) is 9.97 Å². The van der Waals surface area contributed by atoms with Crippen LogP contribution in [0.5, 0.6) is 0 Å². The molecule has 0 bridgehead atoms. The monoisotopic (exact) mass is 445 g/mol. The van der Waals surface area contributed by atoms with Gasteiger partial charge in [0.15, 0.2) is 16.5 Å². The lowest BCUT2D eigenvalue weighted by Gasteiger charge is -2.27. The fraction of sp³-hybridized carbons (Fsp3) is 0.722. The topological polar surface area (TPSA) is 122 Å². The highest BCUT2D eigenvalue weighted by molar-refractivity contribution is 7.71. The molecule has 0 fully saturated rings. The summed E-state index contributed by atoms with van der Waals surface area (Å²) in [4.78, 5) is 11.2. The predicted octanol–water partition coefficient (Wildman–Crippen LogP) is 3.47. The summed E-state index contributed by atoms with van der Waals surface area (Å²) in [5.74, 6) is 0. The standard InChI is InChI=1S/C18H29N4O5PS/c1-5-12(3)28(25)27-18(4,6-2)7-8-26-17(13(24)9-23)22-11-21-14-15(22)19-10-20-16(14)29/h10-13,17,23-24H,5-9H2,1-4H3/p+1/t12?,13-,17?,18?/m1/s1. The molecule has 9 nitrogen and oxygen atoms in total. The van der Waals surface area contributed by atoms with E-state index < -0.39 is 32.6 Å². The van der Waals surface area contributed by atoms with Gasteiger partial charge < -0.3 is 19.9 Å². The van der Waals surface area contributed by atoms with E-state index in [1.54, 1.807) is 4.57 Å². The van der Waals surface area contributed by atoms with Crippen molar-refractivity contribution in [2.24, 2.45) is 0 Å². The van der Waals surface area contributed by atoms with Crippen LogP contribution < -0.4 is 0 Å². The van der Waals surface area contributed by atoms with Crippen molar-refractivity contribution in [3.05, 3.63) is 17.3 Å². The van der Waals surface area contributed by atoms with Crippen LogP contribution in [0.1, 0.15) is 53.2 Å². The molecule has 0 aliphatic rings. The average Bonchev–Trinajstić information content (AvgIpc) is 3.15. The molecule has 0 aromatic carbocycles. The minimum Gasteiger partial charge on any atom is -0.394 e. The first-order valence-corrected chi connectivity index (χ1v) is 11.4. The van der Waals surface area contributed by atoms with E-state index in [-0.39, 0.29) is 12.3 Å². The van der Waals surface area contributed by atoms with Crippen molar-refractivity contribution in [3.63, 3.8) is 0 Å². The van der Waals surface area contributed by atoms with Crippen LogP contribution in [-0.2, 0) is 13.8 Å². The van der Waals surface area contributed by atoms with E-state index in [9.17, 15) is 14.8 Å². The number of nitrogens with one attached hydrogen (secondary N) is 1. The van der Waals surface area contributed by atoms with Gasteiger partial charge in [-0.2, -0.15) is 0 Å². The zero-order valence-corrected chi connectivity index (χ0v) is 18.9. The molecule has 4 unspecified atom stereocenters. The Labute approximate surface area is 176 Å². The van der Waals surface area contributed by atoms with Gasteiger partial charge >= 0.3 is 8.03 Å². The van der Waals surface area contributed by atoms with Gasteiger partial charge in [0, 0.05) is 6.42 Å². The maximum atomic E-state index is 12.3. The molecule has 2 aromatic rings. The number of aliphatic hydroxyl groups excluding tert-OH is 2. The summed E-state index contributed by atoms with van der Waals surface area (Å²) < 4.78 is 26.0. The molecular weight excluding hydrogens is 415 g/mol. The van der Waals surface area contributed by atoms with E-state index in [0.717, 1.165) is 6.42 Å². The van der Waals surface area contributed by atoms with E-state index in [4.69, 9.17) is 21.5 Å². The number of rotatable bonds is 12. The molecule has 0 aliphatic carbocycles. The second-order valence-corrected chi connectivity index (χ2v) is 9.28. The van der Waals surface area contributed by atoms with E-state index in [1.807, 2.05) is 27.7 Å². The first kappa shape index (κ1) is 24.0. The number of hydrogen-bond donors (Lipinski definition) is 3. The first-order valence-electron chi connectivity index (χ1n) is 9.72. The molecule has 29 heavy (non-hydrogen) atoms.